The van der Waals surface area contributed by atoms with Crippen molar-refractivity contribution in [3.63, 3.8) is 0 Å². The third kappa shape index (κ3) is 7.51. The SMILES string of the molecule is CN(CCN1CCN(c2ccc(OCCOC(F)(F)F)cc2)CC1)C(=O)O. The number of benzene rings is 1. The highest BCUT2D eigenvalue weighted by molar-refractivity contribution is 5.64. The van der Waals surface area contributed by atoms with Crippen LogP contribution in [0.2, 0.25) is 0 Å². The summed E-state index contributed by atoms with van der Waals surface area (Å²) >= 11 is 0. The summed E-state index contributed by atoms with van der Waals surface area (Å²) in [4.78, 5) is 16.5. The largest absolute Gasteiger partial charge is 0.522 e. The lowest BCUT2D eigenvalue weighted by Crippen LogP contribution is -2.48. The Kier molecular flexibility index (Phi) is 7.55. The van der Waals surface area contributed by atoms with Crippen molar-refractivity contribution in [3.8, 4) is 5.75 Å². The van der Waals surface area contributed by atoms with Gasteiger partial charge in [0, 0.05) is 52.0 Å². The molecule has 0 bridgehead atoms. The first-order valence-electron chi connectivity index (χ1n) is 8.59. The molecule has 0 spiro atoms. The maximum absolute atomic E-state index is 11.9. The van der Waals surface area contributed by atoms with Crippen LogP contribution < -0.4 is 9.64 Å². The second-order valence-electron chi connectivity index (χ2n) is 6.17. The van der Waals surface area contributed by atoms with Crippen LogP contribution in [0.4, 0.5) is 23.7 Å². The zero-order valence-electron chi connectivity index (χ0n) is 15.1. The molecule has 1 aliphatic heterocycles. The number of halogens is 3. The molecule has 1 heterocycles. The van der Waals surface area contributed by atoms with E-state index >= 15 is 0 Å². The van der Waals surface area contributed by atoms with Gasteiger partial charge in [-0.25, -0.2) is 4.79 Å². The fraction of sp³-hybridized carbons (Fsp3) is 0.588. The quantitative estimate of drug-likeness (QED) is 0.687. The molecule has 1 fully saturated rings. The van der Waals surface area contributed by atoms with Crippen LogP contribution in [-0.2, 0) is 4.74 Å². The van der Waals surface area contributed by atoms with Crippen molar-refractivity contribution in [1.82, 2.24) is 9.80 Å². The van der Waals surface area contributed by atoms with Crippen molar-refractivity contribution in [2.45, 2.75) is 6.36 Å². The summed E-state index contributed by atoms with van der Waals surface area (Å²) in [6.07, 6.45) is -5.57. The number of likely N-dealkylation sites (N-methyl/N-ethyl adjacent to an activating group) is 1. The fourth-order valence-corrected chi connectivity index (χ4v) is 2.69. The second-order valence-corrected chi connectivity index (χ2v) is 6.17. The van der Waals surface area contributed by atoms with E-state index in [1.54, 1.807) is 19.2 Å². The average Bonchev–Trinajstić information content (AvgIpc) is 2.63. The first kappa shape index (κ1) is 21.1. The van der Waals surface area contributed by atoms with Crippen molar-refractivity contribution in [1.29, 1.82) is 0 Å². The zero-order valence-corrected chi connectivity index (χ0v) is 15.1. The molecule has 7 nitrogen and oxygen atoms in total. The summed E-state index contributed by atoms with van der Waals surface area (Å²) in [5.41, 5.74) is 1.01. The highest BCUT2D eigenvalue weighted by Gasteiger charge is 2.28. The third-order valence-corrected chi connectivity index (χ3v) is 4.27. The lowest BCUT2D eigenvalue weighted by Gasteiger charge is -2.36. The Bertz CT molecular complexity index is 590. The van der Waals surface area contributed by atoms with E-state index in [4.69, 9.17) is 9.84 Å². The topological polar surface area (TPSA) is 65.5 Å². The van der Waals surface area contributed by atoms with Gasteiger partial charge in [-0.15, -0.1) is 13.2 Å². The zero-order chi connectivity index (χ0) is 19.9. The minimum Gasteiger partial charge on any atom is -0.491 e. The molecule has 1 saturated heterocycles. The molecular weight excluding hydrogens is 367 g/mol. The Morgan fingerprint density at radius 1 is 1.15 bits per heavy atom. The summed E-state index contributed by atoms with van der Waals surface area (Å²) in [7, 11) is 1.55. The van der Waals surface area contributed by atoms with Gasteiger partial charge in [-0.2, -0.15) is 0 Å². The molecule has 152 valence electrons. The van der Waals surface area contributed by atoms with Gasteiger partial charge in [0.15, 0.2) is 0 Å². The van der Waals surface area contributed by atoms with Crippen molar-refractivity contribution in [2.24, 2.45) is 0 Å². The first-order chi connectivity index (χ1) is 12.7. The molecule has 0 atom stereocenters. The van der Waals surface area contributed by atoms with Crippen LogP contribution in [0.1, 0.15) is 0 Å². The molecule has 0 unspecified atom stereocenters. The Labute approximate surface area is 155 Å². The molecule has 0 aliphatic carbocycles. The Morgan fingerprint density at radius 3 is 2.33 bits per heavy atom. The number of hydrogen-bond acceptors (Lipinski definition) is 5. The normalized spacial score (nSPS) is 15.6. The highest BCUT2D eigenvalue weighted by Crippen LogP contribution is 2.21. The molecule has 0 aromatic heterocycles. The molecule has 10 heteroatoms. The summed E-state index contributed by atoms with van der Waals surface area (Å²) in [5, 5.41) is 8.86. The first-order valence-corrected chi connectivity index (χ1v) is 8.59. The van der Waals surface area contributed by atoms with E-state index in [-0.39, 0.29) is 6.61 Å². The van der Waals surface area contributed by atoms with Gasteiger partial charge in [-0.1, -0.05) is 0 Å². The minimum atomic E-state index is -4.64. The Morgan fingerprint density at radius 2 is 1.78 bits per heavy atom. The maximum Gasteiger partial charge on any atom is 0.522 e. The van der Waals surface area contributed by atoms with E-state index in [2.05, 4.69) is 14.5 Å². The number of nitrogens with zero attached hydrogens (tertiary/aromatic N) is 3. The molecular formula is C17H24F3N3O4. The van der Waals surface area contributed by atoms with Crippen molar-refractivity contribution >= 4 is 11.8 Å². The van der Waals surface area contributed by atoms with Gasteiger partial charge >= 0.3 is 12.5 Å². The monoisotopic (exact) mass is 391 g/mol. The van der Waals surface area contributed by atoms with E-state index in [0.717, 1.165) is 31.9 Å². The number of piperazine rings is 1. The number of rotatable bonds is 8. The van der Waals surface area contributed by atoms with Gasteiger partial charge in [0.1, 0.15) is 12.4 Å². The van der Waals surface area contributed by atoms with E-state index in [0.29, 0.717) is 18.8 Å². The Hall–Kier alpha value is -2.20. The van der Waals surface area contributed by atoms with Gasteiger partial charge < -0.3 is 19.6 Å². The summed E-state index contributed by atoms with van der Waals surface area (Å²) in [6.45, 7) is 3.74. The predicted molar refractivity (Wildman–Crippen MR) is 93.3 cm³/mol. The number of amides is 1. The van der Waals surface area contributed by atoms with Crippen LogP contribution >= 0.6 is 0 Å². The maximum atomic E-state index is 11.9. The van der Waals surface area contributed by atoms with Crippen LogP contribution in [-0.4, -0.2) is 86.9 Å². The average molecular weight is 391 g/mol. The number of ether oxygens (including phenoxy) is 2. The molecule has 1 aromatic carbocycles. The lowest BCUT2D eigenvalue weighted by molar-refractivity contribution is -0.325. The van der Waals surface area contributed by atoms with Gasteiger partial charge in [0.05, 0.1) is 6.61 Å². The Balaban J connectivity index is 1.71. The van der Waals surface area contributed by atoms with E-state index < -0.39 is 19.1 Å². The van der Waals surface area contributed by atoms with Crippen LogP contribution in [0.15, 0.2) is 24.3 Å². The molecule has 1 aliphatic rings. The minimum absolute atomic E-state index is 0.178. The van der Waals surface area contributed by atoms with Gasteiger partial charge in [0.2, 0.25) is 0 Å². The molecule has 27 heavy (non-hydrogen) atoms. The number of alkyl halides is 3. The summed E-state index contributed by atoms with van der Waals surface area (Å²) in [5.74, 6) is 0.486. The molecule has 1 aromatic rings. The highest BCUT2D eigenvalue weighted by atomic mass is 19.4. The van der Waals surface area contributed by atoms with Crippen LogP contribution in [0.3, 0.4) is 0 Å². The van der Waals surface area contributed by atoms with E-state index in [1.165, 1.54) is 4.90 Å². The lowest BCUT2D eigenvalue weighted by atomic mass is 10.2. The molecule has 0 radical (unpaired) electrons. The van der Waals surface area contributed by atoms with E-state index in [9.17, 15) is 18.0 Å². The summed E-state index contributed by atoms with van der Waals surface area (Å²) in [6, 6.07) is 7.18. The number of carboxylic acid groups (broad SMARTS) is 1. The fourth-order valence-electron chi connectivity index (χ4n) is 2.69. The van der Waals surface area contributed by atoms with Gasteiger partial charge in [-0.05, 0) is 24.3 Å². The van der Waals surface area contributed by atoms with Crippen molar-refractivity contribution in [2.75, 3.05) is 64.4 Å². The summed E-state index contributed by atoms with van der Waals surface area (Å²) < 4.78 is 44.5. The van der Waals surface area contributed by atoms with Crippen molar-refractivity contribution in [3.05, 3.63) is 24.3 Å². The predicted octanol–water partition coefficient (Wildman–Crippen LogP) is 2.33. The smallest absolute Gasteiger partial charge is 0.491 e. The van der Waals surface area contributed by atoms with Crippen LogP contribution in [0, 0.1) is 0 Å². The number of hydrogen-bond donors (Lipinski definition) is 1. The number of anilines is 1. The molecule has 0 saturated carbocycles. The van der Waals surface area contributed by atoms with Crippen molar-refractivity contribution < 1.29 is 32.5 Å². The molecule has 2 rings (SSSR count). The molecule has 1 amide bonds. The molecule has 1 N–H and O–H groups in total. The van der Waals surface area contributed by atoms with Gasteiger partial charge in [-0.3, -0.25) is 9.64 Å². The van der Waals surface area contributed by atoms with Gasteiger partial charge in [0.25, 0.3) is 0 Å². The van der Waals surface area contributed by atoms with E-state index in [1.807, 2.05) is 12.1 Å². The standard InChI is InChI=1S/C17H24F3N3O4/c1-21(16(24)25)6-7-22-8-10-23(11-9-22)14-2-4-15(5-3-14)26-12-13-27-17(18,19)20/h2-5H,6-13H2,1H3,(H,24,25). The number of carbonyl (C=O) groups is 1. The van der Waals surface area contributed by atoms with Crippen LogP contribution in [0.25, 0.3) is 0 Å². The third-order valence-electron chi connectivity index (χ3n) is 4.27. The van der Waals surface area contributed by atoms with Crippen LogP contribution in [0.5, 0.6) is 5.75 Å². The second kappa shape index (κ2) is 9.65.